The van der Waals surface area contributed by atoms with E-state index in [-0.39, 0.29) is 23.6 Å². The van der Waals surface area contributed by atoms with Gasteiger partial charge in [-0.2, -0.15) is 0 Å². The molecule has 0 radical (unpaired) electrons. The fraction of sp³-hybridized carbons (Fsp3) is 0.280. The largest absolute Gasteiger partial charge is 0.573 e. The molecule has 0 saturated carbocycles. The Morgan fingerprint density at radius 3 is 2.51 bits per heavy atom. The summed E-state index contributed by atoms with van der Waals surface area (Å²) in [4.78, 5) is 35.6. The van der Waals surface area contributed by atoms with E-state index < -0.39 is 23.9 Å². The van der Waals surface area contributed by atoms with E-state index in [1.165, 1.54) is 12.4 Å². The number of hydrogen-bond acceptors (Lipinski definition) is 7. The number of carbonyl (C=O) groups excluding carboxylic acids is 2. The van der Waals surface area contributed by atoms with Gasteiger partial charge in [-0.1, -0.05) is 23.8 Å². The summed E-state index contributed by atoms with van der Waals surface area (Å²) in [6, 6.07) is 10.9. The first-order valence-electron chi connectivity index (χ1n) is 11.4. The molecule has 9 nitrogen and oxygen atoms in total. The molecule has 37 heavy (non-hydrogen) atoms. The van der Waals surface area contributed by atoms with Gasteiger partial charge in [0.2, 0.25) is 5.91 Å². The van der Waals surface area contributed by atoms with Crippen molar-refractivity contribution in [3.05, 3.63) is 66.0 Å². The number of aryl methyl sites for hydroxylation is 1. The number of benzene rings is 2. The number of alkyl halides is 3. The molecule has 1 saturated heterocycles. The summed E-state index contributed by atoms with van der Waals surface area (Å²) < 4.78 is 48.0. The number of rotatable bonds is 7. The molecule has 0 atom stereocenters. The van der Waals surface area contributed by atoms with Crippen LogP contribution in [0.15, 0.2) is 54.9 Å². The molecule has 4 rings (SSSR count). The van der Waals surface area contributed by atoms with Gasteiger partial charge in [0.1, 0.15) is 0 Å². The number of morpholine rings is 1. The smallest absolute Gasteiger partial charge is 0.404 e. The standard InChI is InChI=1S/C25H24F3N5O4/c1-16-3-2-4-17(11-16)20-13-30-22(14-29-20)32-24(35)18-5-6-21(37-25(26,27)28)19(12-18)31-23(34)15-33-7-9-36-10-8-33/h2-6,11-14H,7-10,15H2,1H3,(H,31,34)(H,30,32,35). The van der Waals surface area contributed by atoms with Gasteiger partial charge in [0.05, 0.1) is 43.5 Å². The molecule has 1 aromatic heterocycles. The van der Waals surface area contributed by atoms with E-state index in [1.54, 1.807) is 4.90 Å². The second kappa shape index (κ2) is 11.4. The third-order valence-corrected chi connectivity index (χ3v) is 5.42. The molecule has 2 aromatic carbocycles. The second-order valence-electron chi connectivity index (χ2n) is 8.31. The number of carbonyl (C=O) groups is 2. The van der Waals surface area contributed by atoms with Crippen molar-refractivity contribution < 1.29 is 32.2 Å². The third kappa shape index (κ3) is 7.48. The molecule has 0 spiro atoms. The van der Waals surface area contributed by atoms with Crippen LogP contribution in [0.4, 0.5) is 24.7 Å². The van der Waals surface area contributed by atoms with Gasteiger partial charge < -0.3 is 20.1 Å². The molecular formula is C25H24F3N5O4. The Morgan fingerprint density at radius 2 is 1.84 bits per heavy atom. The van der Waals surface area contributed by atoms with Crippen LogP contribution in [0.2, 0.25) is 0 Å². The highest BCUT2D eigenvalue weighted by Crippen LogP contribution is 2.31. The van der Waals surface area contributed by atoms with E-state index in [0.29, 0.717) is 32.0 Å². The van der Waals surface area contributed by atoms with Gasteiger partial charge in [-0.3, -0.25) is 19.5 Å². The van der Waals surface area contributed by atoms with E-state index in [9.17, 15) is 22.8 Å². The summed E-state index contributed by atoms with van der Waals surface area (Å²) in [6.07, 6.45) is -2.11. The highest BCUT2D eigenvalue weighted by Gasteiger charge is 2.32. The molecule has 0 aliphatic carbocycles. The fourth-order valence-electron chi connectivity index (χ4n) is 3.67. The topological polar surface area (TPSA) is 106 Å². The lowest BCUT2D eigenvalue weighted by molar-refractivity contribution is -0.274. The molecule has 1 aliphatic rings. The average Bonchev–Trinajstić information content (AvgIpc) is 2.85. The Hall–Kier alpha value is -4.03. The molecule has 0 unspecified atom stereocenters. The van der Waals surface area contributed by atoms with E-state index in [1.807, 2.05) is 31.2 Å². The highest BCUT2D eigenvalue weighted by atomic mass is 19.4. The van der Waals surface area contributed by atoms with Crippen molar-refractivity contribution in [1.82, 2.24) is 14.9 Å². The van der Waals surface area contributed by atoms with Crippen molar-refractivity contribution in [3.8, 4) is 17.0 Å². The number of ether oxygens (including phenoxy) is 2. The molecule has 1 aliphatic heterocycles. The van der Waals surface area contributed by atoms with Crippen molar-refractivity contribution in [2.45, 2.75) is 13.3 Å². The van der Waals surface area contributed by atoms with Gasteiger partial charge in [0, 0.05) is 24.2 Å². The number of anilines is 2. The molecule has 3 aromatic rings. The van der Waals surface area contributed by atoms with Crippen molar-refractivity contribution in [1.29, 1.82) is 0 Å². The molecule has 0 bridgehead atoms. The van der Waals surface area contributed by atoms with Crippen LogP contribution in [0, 0.1) is 6.92 Å². The van der Waals surface area contributed by atoms with Crippen LogP contribution in [0.3, 0.4) is 0 Å². The van der Waals surface area contributed by atoms with Gasteiger partial charge >= 0.3 is 6.36 Å². The van der Waals surface area contributed by atoms with Crippen LogP contribution >= 0.6 is 0 Å². The van der Waals surface area contributed by atoms with Gasteiger partial charge in [-0.25, -0.2) is 4.98 Å². The van der Waals surface area contributed by atoms with Gasteiger partial charge in [-0.05, 0) is 31.2 Å². The number of aromatic nitrogens is 2. The Balaban J connectivity index is 1.48. The monoisotopic (exact) mass is 515 g/mol. The summed E-state index contributed by atoms with van der Waals surface area (Å²) in [5, 5.41) is 4.97. The van der Waals surface area contributed by atoms with Gasteiger partial charge in [0.15, 0.2) is 11.6 Å². The Morgan fingerprint density at radius 1 is 1.05 bits per heavy atom. The summed E-state index contributed by atoms with van der Waals surface area (Å²) in [5.41, 5.74) is 2.23. The first kappa shape index (κ1) is 26.0. The molecule has 2 heterocycles. The molecular weight excluding hydrogens is 491 g/mol. The zero-order chi connectivity index (χ0) is 26.4. The predicted octanol–water partition coefficient (Wildman–Crippen LogP) is 3.87. The van der Waals surface area contributed by atoms with Crippen molar-refractivity contribution in [3.63, 3.8) is 0 Å². The van der Waals surface area contributed by atoms with Crippen molar-refractivity contribution in [2.75, 3.05) is 43.5 Å². The van der Waals surface area contributed by atoms with Gasteiger partial charge in [0.25, 0.3) is 5.91 Å². The minimum atomic E-state index is -4.98. The molecule has 2 amide bonds. The Kier molecular flexibility index (Phi) is 7.99. The van der Waals surface area contributed by atoms with Crippen molar-refractivity contribution in [2.24, 2.45) is 0 Å². The maximum Gasteiger partial charge on any atom is 0.573 e. The minimum absolute atomic E-state index is 0.0132. The predicted molar refractivity (Wildman–Crippen MR) is 129 cm³/mol. The van der Waals surface area contributed by atoms with Crippen LogP contribution in [0.5, 0.6) is 5.75 Å². The number of nitrogens with zero attached hydrogens (tertiary/aromatic N) is 3. The highest BCUT2D eigenvalue weighted by molar-refractivity contribution is 6.05. The van der Waals surface area contributed by atoms with Crippen LogP contribution < -0.4 is 15.4 Å². The number of amides is 2. The minimum Gasteiger partial charge on any atom is -0.404 e. The average molecular weight is 515 g/mol. The Bertz CT molecular complexity index is 1260. The second-order valence-corrected chi connectivity index (χ2v) is 8.31. The fourth-order valence-corrected chi connectivity index (χ4v) is 3.67. The zero-order valence-electron chi connectivity index (χ0n) is 19.8. The van der Waals surface area contributed by atoms with E-state index in [0.717, 1.165) is 29.3 Å². The summed E-state index contributed by atoms with van der Waals surface area (Å²) in [7, 11) is 0. The number of hydrogen-bond donors (Lipinski definition) is 2. The summed E-state index contributed by atoms with van der Waals surface area (Å²) in [6.45, 7) is 3.86. The van der Waals surface area contributed by atoms with Crippen LogP contribution in [-0.2, 0) is 9.53 Å². The van der Waals surface area contributed by atoms with Crippen LogP contribution in [0.25, 0.3) is 11.3 Å². The van der Waals surface area contributed by atoms with Gasteiger partial charge in [-0.15, -0.1) is 13.2 Å². The summed E-state index contributed by atoms with van der Waals surface area (Å²) in [5.74, 6) is -1.69. The maximum absolute atomic E-state index is 12.9. The first-order valence-corrected chi connectivity index (χ1v) is 11.4. The number of nitrogens with one attached hydrogen (secondary N) is 2. The Labute approximate surface area is 210 Å². The van der Waals surface area contributed by atoms with E-state index >= 15 is 0 Å². The molecule has 12 heteroatoms. The quantitative estimate of drug-likeness (QED) is 0.492. The lowest BCUT2D eigenvalue weighted by Gasteiger charge is -2.26. The first-order chi connectivity index (χ1) is 17.7. The van der Waals surface area contributed by atoms with Crippen LogP contribution in [-0.4, -0.2) is 65.9 Å². The van der Waals surface area contributed by atoms with E-state index in [2.05, 4.69) is 25.3 Å². The lowest BCUT2D eigenvalue weighted by atomic mass is 10.1. The SMILES string of the molecule is Cc1cccc(-c2cnc(NC(=O)c3ccc(OC(F)(F)F)c(NC(=O)CN4CCOCC4)c3)cn2)c1. The maximum atomic E-state index is 12.9. The molecule has 1 fully saturated rings. The molecule has 2 N–H and O–H groups in total. The normalized spacial score (nSPS) is 14.2. The molecule has 194 valence electrons. The number of halogens is 3. The van der Waals surface area contributed by atoms with E-state index in [4.69, 9.17) is 4.74 Å². The van der Waals surface area contributed by atoms with Crippen molar-refractivity contribution >= 4 is 23.3 Å². The summed E-state index contributed by atoms with van der Waals surface area (Å²) >= 11 is 0. The lowest BCUT2D eigenvalue weighted by Crippen LogP contribution is -2.41. The zero-order valence-corrected chi connectivity index (χ0v) is 19.8. The third-order valence-electron chi connectivity index (χ3n) is 5.42. The van der Waals surface area contributed by atoms with Crippen LogP contribution in [0.1, 0.15) is 15.9 Å².